The third-order valence-electron chi connectivity index (χ3n) is 4.24. The Morgan fingerprint density at radius 3 is 2.61 bits per heavy atom. The van der Waals surface area contributed by atoms with Crippen molar-refractivity contribution >= 4 is 11.8 Å². The molecular formula is C15H21NOS. The van der Waals surface area contributed by atoms with Gasteiger partial charge in [0, 0.05) is 11.1 Å². The minimum Gasteiger partial charge on any atom is -0.496 e. The molecule has 1 aliphatic heterocycles. The first-order chi connectivity index (χ1) is 8.73. The second-order valence-corrected chi connectivity index (χ2v) is 6.73. The van der Waals surface area contributed by atoms with E-state index in [4.69, 9.17) is 10.5 Å². The Hall–Kier alpha value is -0.670. The summed E-state index contributed by atoms with van der Waals surface area (Å²) >= 11 is 2.07. The molecule has 0 aromatic heterocycles. The first kappa shape index (κ1) is 12.4. The van der Waals surface area contributed by atoms with Crippen molar-refractivity contribution in [3.05, 3.63) is 29.3 Å². The van der Waals surface area contributed by atoms with Crippen LogP contribution in [0.5, 0.6) is 5.75 Å². The summed E-state index contributed by atoms with van der Waals surface area (Å²) in [6, 6.07) is 6.65. The highest BCUT2D eigenvalue weighted by Gasteiger charge is 2.42. The van der Waals surface area contributed by atoms with Gasteiger partial charge in [-0.15, -0.1) is 0 Å². The van der Waals surface area contributed by atoms with E-state index in [0.717, 1.165) is 24.5 Å². The normalized spacial score (nSPS) is 22.8. The van der Waals surface area contributed by atoms with Gasteiger partial charge in [-0.1, -0.05) is 6.07 Å². The van der Waals surface area contributed by atoms with Gasteiger partial charge in [-0.25, -0.2) is 0 Å². The first-order valence-corrected chi connectivity index (χ1v) is 7.93. The molecule has 0 bridgehead atoms. The number of thioether (sulfide) groups is 1. The van der Waals surface area contributed by atoms with Crippen molar-refractivity contribution in [2.45, 2.75) is 37.1 Å². The maximum atomic E-state index is 6.36. The van der Waals surface area contributed by atoms with Gasteiger partial charge < -0.3 is 10.5 Å². The van der Waals surface area contributed by atoms with Gasteiger partial charge in [-0.05, 0) is 60.8 Å². The van der Waals surface area contributed by atoms with Crippen LogP contribution >= 0.6 is 11.8 Å². The van der Waals surface area contributed by atoms with E-state index in [-0.39, 0.29) is 5.54 Å². The van der Waals surface area contributed by atoms with Crippen molar-refractivity contribution in [3.8, 4) is 5.75 Å². The molecule has 18 heavy (non-hydrogen) atoms. The number of methoxy groups -OCH3 is 1. The summed E-state index contributed by atoms with van der Waals surface area (Å²) in [6.07, 6.45) is 4.78. The topological polar surface area (TPSA) is 35.2 Å². The lowest BCUT2D eigenvalue weighted by molar-refractivity contribution is 0.404. The minimum absolute atomic E-state index is 0.106. The Kier molecular flexibility index (Phi) is 3.29. The molecule has 0 atom stereocenters. The molecule has 3 rings (SSSR count). The standard InChI is InChI=1S/C15H21NOS/c1-17-14-3-2-12(11-4-8-18-9-5-11)10-13(14)15(16)6-7-15/h2-3,10-11H,4-9,16H2,1H3. The Morgan fingerprint density at radius 1 is 1.28 bits per heavy atom. The summed E-state index contributed by atoms with van der Waals surface area (Å²) < 4.78 is 5.47. The van der Waals surface area contributed by atoms with Crippen LogP contribution in [0, 0.1) is 0 Å². The third-order valence-corrected chi connectivity index (χ3v) is 5.29. The zero-order chi connectivity index (χ0) is 12.6. The Labute approximate surface area is 113 Å². The maximum absolute atomic E-state index is 6.36. The van der Waals surface area contributed by atoms with Gasteiger partial charge in [0.05, 0.1) is 7.11 Å². The molecule has 1 saturated carbocycles. The van der Waals surface area contributed by atoms with Crippen LogP contribution in [0.15, 0.2) is 18.2 Å². The van der Waals surface area contributed by atoms with E-state index in [0.29, 0.717) is 0 Å². The fraction of sp³-hybridized carbons (Fsp3) is 0.600. The van der Waals surface area contributed by atoms with E-state index in [9.17, 15) is 0 Å². The van der Waals surface area contributed by atoms with Gasteiger partial charge in [-0.3, -0.25) is 0 Å². The molecule has 2 aliphatic rings. The van der Waals surface area contributed by atoms with Gasteiger partial charge in [0.25, 0.3) is 0 Å². The summed E-state index contributed by atoms with van der Waals surface area (Å²) in [5.74, 6) is 4.27. The molecule has 1 aliphatic carbocycles. The van der Waals surface area contributed by atoms with Crippen LogP contribution in [0.1, 0.15) is 42.7 Å². The quantitative estimate of drug-likeness (QED) is 0.909. The average Bonchev–Trinajstić information content (AvgIpc) is 3.18. The third kappa shape index (κ3) is 2.26. The lowest BCUT2D eigenvalue weighted by Crippen LogP contribution is -2.20. The predicted molar refractivity (Wildman–Crippen MR) is 77.4 cm³/mol. The smallest absolute Gasteiger partial charge is 0.123 e. The van der Waals surface area contributed by atoms with Crippen LogP contribution < -0.4 is 10.5 Å². The molecule has 1 heterocycles. The summed E-state index contributed by atoms with van der Waals surface area (Å²) in [7, 11) is 1.74. The number of hydrogen-bond acceptors (Lipinski definition) is 3. The van der Waals surface area contributed by atoms with Crippen molar-refractivity contribution in [1.29, 1.82) is 0 Å². The lowest BCUT2D eigenvalue weighted by Gasteiger charge is -2.24. The molecule has 1 saturated heterocycles. The largest absolute Gasteiger partial charge is 0.496 e. The maximum Gasteiger partial charge on any atom is 0.123 e. The molecule has 3 heteroatoms. The van der Waals surface area contributed by atoms with Crippen LogP contribution in [0.2, 0.25) is 0 Å². The van der Waals surface area contributed by atoms with E-state index in [2.05, 4.69) is 30.0 Å². The van der Waals surface area contributed by atoms with E-state index in [1.165, 1.54) is 35.5 Å². The first-order valence-electron chi connectivity index (χ1n) is 6.78. The number of nitrogens with two attached hydrogens (primary N) is 1. The summed E-state index contributed by atoms with van der Waals surface area (Å²) in [5, 5.41) is 0. The second kappa shape index (κ2) is 4.78. The van der Waals surface area contributed by atoms with Gasteiger partial charge in [0.15, 0.2) is 0 Å². The molecule has 0 unspecified atom stereocenters. The van der Waals surface area contributed by atoms with E-state index >= 15 is 0 Å². The molecule has 2 nitrogen and oxygen atoms in total. The summed E-state index contributed by atoms with van der Waals surface area (Å²) in [5.41, 5.74) is 8.94. The Bertz CT molecular complexity index is 436. The highest BCUT2D eigenvalue weighted by molar-refractivity contribution is 7.99. The number of ether oxygens (including phenoxy) is 1. The number of benzene rings is 1. The zero-order valence-electron chi connectivity index (χ0n) is 10.9. The zero-order valence-corrected chi connectivity index (χ0v) is 11.8. The minimum atomic E-state index is -0.106. The number of hydrogen-bond donors (Lipinski definition) is 1. The molecule has 98 valence electrons. The van der Waals surface area contributed by atoms with Crippen LogP contribution in [-0.4, -0.2) is 18.6 Å². The van der Waals surface area contributed by atoms with Gasteiger partial charge in [0.2, 0.25) is 0 Å². The van der Waals surface area contributed by atoms with Crippen LogP contribution in [-0.2, 0) is 5.54 Å². The molecule has 0 spiro atoms. The SMILES string of the molecule is COc1ccc(C2CCSCC2)cc1C1(N)CC1. The average molecular weight is 263 g/mol. The van der Waals surface area contributed by atoms with Crippen molar-refractivity contribution in [1.82, 2.24) is 0 Å². The fourth-order valence-electron chi connectivity index (χ4n) is 2.80. The second-order valence-electron chi connectivity index (χ2n) is 5.50. The predicted octanol–water partition coefficient (Wildman–Crippen LogP) is 3.25. The van der Waals surface area contributed by atoms with E-state index < -0.39 is 0 Å². The Morgan fingerprint density at radius 2 is 2.00 bits per heavy atom. The molecular weight excluding hydrogens is 242 g/mol. The summed E-state index contributed by atoms with van der Waals surface area (Å²) in [6.45, 7) is 0. The van der Waals surface area contributed by atoms with Gasteiger partial charge >= 0.3 is 0 Å². The summed E-state index contributed by atoms with van der Waals surface area (Å²) in [4.78, 5) is 0. The highest BCUT2D eigenvalue weighted by Crippen LogP contribution is 2.47. The van der Waals surface area contributed by atoms with Crippen molar-refractivity contribution in [2.24, 2.45) is 5.73 Å². The molecule has 0 radical (unpaired) electrons. The molecule has 1 aromatic rings. The van der Waals surface area contributed by atoms with Gasteiger partial charge in [-0.2, -0.15) is 11.8 Å². The van der Waals surface area contributed by atoms with Crippen molar-refractivity contribution in [2.75, 3.05) is 18.6 Å². The molecule has 1 aromatic carbocycles. The lowest BCUT2D eigenvalue weighted by atomic mass is 9.90. The monoisotopic (exact) mass is 263 g/mol. The Balaban J connectivity index is 1.91. The fourth-order valence-corrected chi connectivity index (χ4v) is 3.91. The van der Waals surface area contributed by atoms with Gasteiger partial charge in [0.1, 0.15) is 5.75 Å². The molecule has 0 amide bonds. The van der Waals surface area contributed by atoms with Crippen LogP contribution in [0.25, 0.3) is 0 Å². The highest BCUT2D eigenvalue weighted by atomic mass is 32.2. The molecule has 2 N–H and O–H groups in total. The van der Waals surface area contributed by atoms with Crippen molar-refractivity contribution in [3.63, 3.8) is 0 Å². The van der Waals surface area contributed by atoms with Crippen LogP contribution in [0.4, 0.5) is 0 Å². The van der Waals surface area contributed by atoms with Crippen molar-refractivity contribution < 1.29 is 4.74 Å². The van der Waals surface area contributed by atoms with E-state index in [1.807, 2.05) is 0 Å². The molecule has 2 fully saturated rings. The van der Waals surface area contributed by atoms with Crippen LogP contribution in [0.3, 0.4) is 0 Å². The number of rotatable bonds is 3. The van der Waals surface area contributed by atoms with E-state index in [1.54, 1.807) is 7.11 Å².